The molecule has 0 saturated heterocycles. The predicted octanol–water partition coefficient (Wildman–Crippen LogP) is 4.78. The third-order valence-electron chi connectivity index (χ3n) is 3.73. The molecule has 0 aromatic rings. The molecule has 0 aromatic carbocycles. The molecule has 1 unspecified atom stereocenters. The maximum atomic E-state index is 2.38. The summed E-state index contributed by atoms with van der Waals surface area (Å²) in [4.78, 5) is 0. The molecule has 78 valence electrons. The van der Waals surface area contributed by atoms with Crippen LogP contribution in [0.5, 0.6) is 0 Å². The molecule has 0 aliphatic heterocycles. The molecule has 0 N–H and O–H groups in total. The van der Waals surface area contributed by atoms with Crippen molar-refractivity contribution in [2.45, 2.75) is 71.6 Å². The van der Waals surface area contributed by atoms with Gasteiger partial charge in [-0.05, 0) is 11.8 Å². The summed E-state index contributed by atoms with van der Waals surface area (Å²) >= 11 is 0. The Hall–Kier alpha value is 0. The van der Waals surface area contributed by atoms with E-state index in [2.05, 4.69) is 13.8 Å². The van der Waals surface area contributed by atoms with Crippen LogP contribution in [0.1, 0.15) is 71.6 Å². The lowest BCUT2D eigenvalue weighted by Crippen LogP contribution is -2.10. The quantitative estimate of drug-likeness (QED) is 0.497. The van der Waals surface area contributed by atoms with E-state index in [0.717, 1.165) is 11.8 Å². The van der Waals surface area contributed by atoms with E-state index in [9.17, 15) is 0 Å². The molecule has 0 heterocycles. The number of hydrogen-bond acceptors (Lipinski definition) is 0. The van der Waals surface area contributed by atoms with Crippen LogP contribution in [0.2, 0.25) is 0 Å². The Balaban J connectivity index is 1.78. The second kappa shape index (κ2) is 6.45. The lowest BCUT2D eigenvalue weighted by Gasteiger charge is -2.25. The van der Waals surface area contributed by atoms with Gasteiger partial charge >= 0.3 is 0 Å². The Bertz CT molecular complexity index is 106. The highest BCUT2D eigenvalue weighted by Crippen LogP contribution is 2.31. The first kappa shape index (κ1) is 11.1. The summed E-state index contributed by atoms with van der Waals surface area (Å²) in [5, 5.41) is 0. The van der Waals surface area contributed by atoms with Crippen molar-refractivity contribution in [1.29, 1.82) is 0 Å². The molecular formula is C13H26. The lowest BCUT2D eigenvalue weighted by atomic mass is 9.81. The Kier molecular flexibility index (Phi) is 5.50. The SMILES string of the molecule is CCC(C)CCCCCC1CCC1. The number of rotatable bonds is 7. The first-order chi connectivity index (χ1) is 6.33. The molecule has 1 aliphatic rings. The highest BCUT2D eigenvalue weighted by molar-refractivity contribution is 4.69. The summed E-state index contributed by atoms with van der Waals surface area (Å²) in [5.41, 5.74) is 0. The van der Waals surface area contributed by atoms with Gasteiger partial charge in [0.15, 0.2) is 0 Å². The van der Waals surface area contributed by atoms with Gasteiger partial charge in [0.2, 0.25) is 0 Å². The smallest absolute Gasteiger partial charge is 0.0414 e. The molecule has 0 radical (unpaired) electrons. The van der Waals surface area contributed by atoms with Gasteiger partial charge in [-0.1, -0.05) is 71.6 Å². The zero-order chi connectivity index (χ0) is 9.52. The zero-order valence-electron chi connectivity index (χ0n) is 9.52. The van der Waals surface area contributed by atoms with Gasteiger partial charge in [0, 0.05) is 0 Å². The maximum Gasteiger partial charge on any atom is -0.0414 e. The largest absolute Gasteiger partial charge is 0.0651 e. The summed E-state index contributed by atoms with van der Waals surface area (Å²) in [6.07, 6.45) is 13.4. The molecule has 0 spiro atoms. The van der Waals surface area contributed by atoms with Crippen molar-refractivity contribution in [2.75, 3.05) is 0 Å². The van der Waals surface area contributed by atoms with E-state index in [1.807, 2.05) is 0 Å². The normalized spacial score (nSPS) is 19.8. The van der Waals surface area contributed by atoms with Crippen molar-refractivity contribution in [3.05, 3.63) is 0 Å². The molecular weight excluding hydrogens is 156 g/mol. The zero-order valence-corrected chi connectivity index (χ0v) is 9.52. The molecule has 0 aromatic heterocycles. The van der Waals surface area contributed by atoms with Crippen LogP contribution in [0.3, 0.4) is 0 Å². The molecule has 1 rings (SSSR count). The van der Waals surface area contributed by atoms with Gasteiger partial charge in [0.1, 0.15) is 0 Å². The fraction of sp³-hybridized carbons (Fsp3) is 1.00. The lowest BCUT2D eigenvalue weighted by molar-refractivity contribution is 0.285. The van der Waals surface area contributed by atoms with Crippen molar-refractivity contribution < 1.29 is 0 Å². The molecule has 0 heteroatoms. The van der Waals surface area contributed by atoms with E-state index in [1.54, 1.807) is 0 Å². The highest BCUT2D eigenvalue weighted by atomic mass is 14.2. The van der Waals surface area contributed by atoms with Crippen molar-refractivity contribution in [3.63, 3.8) is 0 Å². The van der Waals surface area contributed by atoms with Gasteiger partial charge < -0.3 is 0 Å². The molecule has 1 atom stereocenters. The van der Waals surface area contributed by atoms with Gasteiger partial charge in [0.05, 0.1) is 0 Å². The number of unbranched alkanes of at least 4 members (excludes halogenated alkanes) is 2. The Morgan fingerprint density at radius 1 is 1.15 bits per heavy atom. The van der Waals surface area contributed by atoms with Gasteiger partial charge in [-0.2, -0.15) is 0 Å². The van der Waals surface area contributed by atoms with Crippen molar-refractivity contribution in [2.24, 2.45) is 11.8 Å². The minimum Gasteiger partial charge on any atom is -0.0651 e. The van der Waals surface area contributed by atoms with E-state index in [-0.39, 0.29) is 0 Å². The van der Waals surface area contributed by atoms with Gasteiger partial charge in [-0.15, -0.1) is 0 Å². The Morgan fingerprint density at radius 3 is 2.46 bits per heavy atom. The van der Waals surface area contributed by atoms with Gasteiger partial charge in [-0.25, -0.2) is 0 Å². The summed E-state index contributed by atoms with van der Waals surface area (Å²) in [6.45, 7) is 4.69. The first-order valence-corrected chi connectivity index (χ1v) is 6.33. The minimum absolute atomic E-state index is 0.962. The van der Waals surface area contributed by atoms with Crippen LogP contribution < -0.4 is 0 Å². The molecule has 0 bridgehead atoms. The topological polar surface area (TPSA) is 0 Å². The Labute approximate surface area is 84.1 Å². The molecule has 1 saturated carbocycles. The predicted molar refractivity (Wildman–Crippen MR) is 59.9 cm³/mol. The first-order valence-electron chi connectivity index (χ1n) is 6.33. The summed E-state index contributed by atoms with van der Waals surface area (Å²) in [6, 6.07) is 0. The fourth-order valence-corrected chi connectivity index (χ4v) is 2.09. The van der Waals surface area contributed by atoms with Crippen LogP contribution >= 0.6 is 0 Å². The molecule has 0 nitrogen and oxygen atoms in total. The van der Waals surface area contributed by atoms with Crippen LogP contribution in [0, 0.1) is 11.8 Å². The Morgan fingerprint density at radius 2 is 1.92 bits per heavy atom. The van der Waals surface area contributed by atoms with E-state index in [4.69, 9.17) is 0 Å². The second-order valence-corrected chi connectivity index (χ2v) is 4.95. The molecule has 0 amide bonds. The van der Waals surface area contributed by atoms with Crippen molar-refractivity contribution in [3.8, 4) is 0 Å². The highest BCUT2D eigenvalue weighted by Gasteiger charge is 2.15. The minimum atomic E-state index is 0.962. The average molecular weight is 182 g/mol. The summed E-state index contributed by atoms with van der Waals surface area (Å²) < 4.78 is 0. The van der Waals surface area contributed by atoms with Crippen molar-refractivity contribution >= 4 is 0 Å². The second-order valence-electron chi connectivity index (χ2n) is 4.95. The standard InChI is InChI=1S/C13H26/c1-3-12(2)8-5-4-6-9-13-10-7-11-13/h12-13H,3-11H2,1-2H3. The van der Waals surface area contributed by atoms with Crippen LogP contribution in [0.15, 0.2) is 0 Å². The van der Waals surface area contributed by atoms with E-state index >= 15 is 0 Å². The van der Waals surface area contributed by atoms with Crippen molar-refractivity contribution in [1.82, 2.24) is 0 Å². The van der Waals surface area contributed by atoms with E-state index in [1.165, 1.54) is 57.8 Å². The summed E-state index contributed by atoms with van der Waals surface area (Å²) in [5.74, 6) is 2.09. The third kappa shape index (κ3) is 4.69. The van der Waals surface area contributed by atoms with Crippen LogP contribution in [-0.2, 0) is 0 Å². The maximum absolute atomic E-state index is 2.38. The molecule has 1 fully saturated rings. The van der Waals surface area contributed by atoms with Crippen LogP contribution in [-0.4, -0.2) is 0 Å². The molecule has 1 aliphatic carbocycles. The van der Waals surface area contributed by atoms with Crippen LogP contribution in [0.25, 0.3) is 0 Å². The number of hydrogen-bond donors (Lipinski definition) is 0. The van der Waals surface area contributed by atoms with Gasteiger partial charge in [-0.3, -0.25) is 0 Å². The fourth-order valence-electron chi connectivity index (χ4n) is 2.09. The van der Waals surface area contributed by atoms with Gasteiger partial charge in [0.25, 0.3) is 0 Å². The van der Waals surface area contributed by atoms with E-state index in [0.29, 0.717) is 0 Å². The van der Waals surface area contributed by atoms with Crippen LogP contribution in [0.4, 0.5) is 0 Å². The molecule has 13 heavy (non-hydrogen) atoms. The third-order valence-corrected chi connectivity index (χ3v) is 3.73. The average Bonchev–Trinajstić information content (AvgIpc) is 2.07. The van der Waals surface area contributed by atoms with E-state index < -0.39 is 0 Å². The summed E-state index contributed by atoms with van der Waals surface area (Å²) in [7, 11) is 0. The monoisotopic (exact) mass is 182 g/mol.